The number of alkyl halides is 1. The number of rotatable bonds is 2. The molecule has 1 aliphatic rings. The lowest BCUT2D eigenvalue weighted by Gasteiger charge is -1.88. The van der Waals surface area contributed by atoms with Gasteiger partial charge >= 0.3 is 5.97 Å². The van der Waals surface area contributed by atoms with E-state index in [1.807, 2.05) is 0 Å². The molecular formula is C8H8FNO3. The monoisotopic (exact) mass is 185 g/mol. The van der Waals surface area contributed by atoms with Crippen LogP contribution in [0, 0.1) is 0 Å². The van der Waals surface area contributed by atoms with Gasteiger partial charge in [0.25, 0.3) is 0 Å². The summed E-state index contributed by atoms with van der Waals surface area (Å²) in [6.45, 7) is 0. The van der Waals surface area contributed by atoms with Gasteiger partial charge in [0.15, 0.2) is 5.69 Å². The van der Waals surface area contributed by atoms with Crippen LogP contribution in [0.4, 0.5) is 4.39 Å². The molecule has 0 unspecified atom stereocenters. The number of esters is 1. The largest absolute Gasteiger partial charge is 0.464 e. The quantitative estimate of drug-likeness (QED) is 0.651. The number of hydrogen-bond acceptors (Lipinski definition) is 4. The summed E-state index contributed by atoms with van der Waals surface area (Å²) in [6.07, 6.45) is -0.394. The minimum atomic E-state index is -0.849. The fourth-order valence-corrected chi connectivity index (χ4v) is 1.12. The number of methoxy groups -OCH3 is 1. The van der Waals surface area contributed by atoms with Crippen LogP contribution in [0.25, 0.3) is 0 Å². The van der Waals surface area contributed by atoms with Gasteiger partial charge in [-0.05, 0) is 6.42 Å². The molecule has 0 radical (unpaired) electrons. The highest BCUT2D eigenvalue weighted by atomic mass is 19.1. The molecule has 1 aromatic heterocycles. The van der Waals surface area contributed by atoms with Gasteiger partial charge in [-0.15, -0.1) is 0 Å². The normalized spacial score (nSPS) is 25.7. The lowest BCUT2D eigenvalue weighted by molar-refractivity contribution is 0.0589. The van der Waals surface area contributed by atoms with Gasteiger partial charge in [-0.2, -0.15) is 0 Å². The van der Waals surface area contributed by atoms with Gasteiger partial charge in [0.2, 0.25) is 0 Å². The van der Waals surface area contributed by atoms with Crippen molar-refractivity contribution in [3.05, 3.63) is 17.5 Å². The summed E-state index contributed by atoms with van der Waals surface area (Å²) < 4.78 is 21.8. The zero-order chi connectivity index (χ0) is 9.42. The summed E-state index contributed by atoms with van der Waals surface area (Å²) in [4.78, 5) is 10.9. The molecule has 1 heterocycles. The second kappa shape index (κ2) is 2.83. The third kappa shape index (κ3) is 1.41. The van der Waals surface area contributed by atoms with Crippen LogP contribution in [-0.2, 0) is 4.74 Å². The summed E-state index contributed by atoms with van der Waals surface area (Å²) in [7, 11) is 1.26. The molecule has 0 aromatic carbocycles. The Kier molecular flexibility index (Phi) is 1.79. The fourth-order valence-electron chi connectivity index (χ4n) is 1.12. The van der Waals surface area contributed by atoms with Crippen molar-refractivity contribution in [2.45, 2.75) is 18.5 Å². The molecule has 2 atom stereocenters. The molecule has 0 saturated heterocycles. The zero-order valence-corrected chi connectivity index (χ0v) is 6.99. The first-order valence-corrected chi connectivity index (χ1v) is 3.91. The van der Waals surface area contributed by atoms with E-state index in [1.165, 1.54) is 13.2 Å². The Balaban J connectivity index is 2.14. The molecule has 70 valence electrons. The Labute approximate surface area is 73.7 Å². The number of carbonyl (C=O) groups is 1. The predicted octanol–water partition coefficient (Wildman–Crippen LogP) is 1.29. The molecule has 1 aromatic rings. The fraction of sp³-hybridized carbons (Fsp3) is 0.500. The van der Waals surface area contributed by atoms with Gasteiger partial charge < -0.3 is 9.26 Å². The van der Waals surface area contributed by atoms with E-state index >= 15 is 0 Å². The van der Waals surface area contributed by atoms with E-state index in [9.17, 15) is 9.18 Å². The van der Waals surface area contributed by atoms with Crippen LogP contribution in [0.1, 0.15) is 28.6 Å². The topological polar surface area (TPSA) is 52.3 Å². The first kappa shape index (κ1) is 8.22. The van der Waals surface area contributed by atoms with Crippen LogP contribution in [0.15, 0.2) is 10.6 Å². The minimum Gasteiger partial charge on any atom is -0.464 e. The van der Waals surface area contributed by atoms with E-state index in [2.05, 4.69) is 9.89 Å². The summed E-state index contributed by atoms with van der Waals surface area (Å²) in [5, 5.41) is 3.47. The average molecular weight is 185 g/mol. The maximum Gasteiger partial charge on any atom is 0.360 e. The van der Waals surface area contributed by atoms with E-state index in [4.69, 9.17) is 4.52 Å². The molecule has 5 heteroatoms. The van der Waals surface area contributed by atoms with Crippen LogP contribution in [0.5, 0.6) is 0 Å². The molecule has 0 N–H and O–H groups in total. The highest BCUT2D eigenvalue weighted by Crippen LogP contribution is 2.43. The van der Waals surface area contributed by atoms with E-state index in [1.54, 1.807) is 0 Å². The third-order valence-electron chi connectivity index (χ3n) is 2.00. The molecule has 13 heavy (non-hydrogen) atoms. The number of nitrogens with zero attached hydrogens (tertiary/aromatic N) is 1. The van der Waals surface area contributed by atoms with Gasteiger partial charge in [0.05, 0.1) is 13.0 Å². The first-order chi connectivity index (χ1) is 6.22. The van der Waals surface area contributed by atoms with Crippen molar-refractivity contribution >= 4 is 5.97 Å². The Bertz CT molecular complexity index is 336. The number of halogens is 1. The molecule has 0 bridgehead atoms. The van der Waals surface area contributed by atoms with E-state index in [-0.39, 0.29) is 11.6 Å². The summed E-state index contributed by atoms with van der Waals surface area (Å²) in [6, 6.07) is 1.43. The molecule has 1 aliphatic carbocycles. The van der Waals surface area contributed by atoms with Gasteiger partial charge in [0.1, 0.15) is 11.9 Å². The molecule has 0 aliphatic heterocycles. The van der Waals surface area contributed by atoms with E-state index < -0.39 is 12.1 Å². The second-order valence-corrected chi connectivity index (χ2v) is 2.96. The number of ether oxygens (including phenoxy) is 1. The Morgan fingerprint density at radius 1 is 1.85 bits per heavy atom. The molecule has 0 amide bonds. The Morgan fingerprint density at radius 3 is 3.08 bits per heavy atom. The highest BCUT2D eigenvalue weighted by Gasteiger charge is 2.42. The Morgan fingerprint density at radius 2 is 2.54 bits per heavy atom. The first-order valence-electron chi connectivity index (χ1n) is 3.91. The van der Waals surface area contributed by atoms with Crippen LogP contribution in [0.2, 0.25) is 0 Å². The highest BCUT2D eigenvalue weighted by molar-refractivity contribution is 5.87. The van der Waals surface area contributed by atoms with Gasteiger partial charge in [0, 0.05) is 6.07 Å². The third-order valence-corrected chi connectivity index (χ3v) is 2.00. The van der Waals surface area contributed by atoms with Crippen LogP contribution in [-0.4, -0.2) is 24.4 Å². The molecular weight excluding hydrogens is 177 g/mol. The Hall–Kier alpha value is -1.39. The van der Waals surface area contributed by atoms with Crippen molar-refractivity contribution in [2.75, 3.05) is 7.11 Å². The van der Waals surface area contributed by atoms with Gasteiger partial charge in [-0.25, -0.2) is 9.18 Å². The maximum absolute atomic E-state index is 12.5. The number of hydrogen-bond donors (Lipinski definition) is 0. The maximum atomic E-state index is 12.5. The summed E-state index contributed by atoms with van der Waals surface area (Å²) in [5.74, 6) is -0.357. The van der Waals surface area contributed by atoms with Crippen molar-refractivity contribution in [2.24, 2.45) is 0 Å². The number of aromatic nitrogens is 1. The van der Waals surface area contributed by atoms with E-state index in [0.29, 0.717) is 12.2 Å². The standard InChI is InChI=1S/C8H8FNO3/c1-12-8(11)6-3-7(13-10-6)4-2-5(4)9/h3-5H,2H2,1H3/t4-,5-/m0/s1. The number of carbonyl (C=O) groups excluding carboxylic acids is 1. The zero-order valence-electron chi connectivity index (χ0n) is 6.99. The van der Waals surface area contributed by atoms with Crippen molar-refractivity contribution in [3.63, 3.8) is 0 Å². The van der Waals surface area contributed by atoms with Crippen LogP contribution < -0.4 is 0 Å². The van der Waals surface area contributed by atoms with Crippen molar-refractivity contribution in [1.29, 1.82) is 0 Å². The van der Waals surface area contributed by atoms with Gasteiger partial charge in [-0.1, -0.05) is 5.16 Å². The lowest BCUT2D eigenvalue weighted by Crippen LogP contribution is -2.00. The molecule has 2 rings (SSSR count). The van der Waals surface area contributed by atoms with Crippen molar-refractivity contribution in [1.82, 2.24) is 5.16 Å². The molecule has 1 saturated carbocycles. The average Bonchev–Trinajstić information content (AvgIpc) is 2.70. The second-order valence-electron chi connectivity index (χ2n) is 2.96. The van der Waals surface area contributed by atoms with Crippen LogP contribution in [0.3, 0.4) is 0 Å². The lowest BCUT2D eigenvalue weighted by atomic mass is 10.3. The molecule has 4 nitrogen and oxygen atoms in total. The van der Waals surface area contributed by atoms with Crippen molar-refractivity contribution < 1.29 is 18.4 Å². The van der Waals surface area contributed by atoms with Crippen LogP contribution >= 0.6 is 0 Å². The smallest absolute Gasteiger partial charge is 0.360 e. The summed E-state index contributed by atoms with van der Waals surface area (Å²) >= 11 is 0. The van der Waals surface area contributed by atoms with Gasteiger partial charge in [-0.3, -0.25) is 0 Å². The predicted molar refractivity (Wildman–Crippen MR) is 40.1 cm³/mol. The van der Waals surface area contributed by atoms with E-state index in [0.717, 1.165) is 0 Å². The SMILES string of the molecule is COC(=O)c1cc([C@H]2C[C@@H]2F)on1. The minimum absolute atomic E-state index is 0.0941. The molecule has 0 spiro atoms. The molecule has 1 fully saturated rings. The summed E-state index contributed by atoms with van der Waals surface area (Å²) in [5.41, 5.74) is 0.0941. The van der Waals surface area contributed by atoms with Crippen molar-refractivity contribution in [3.8, 4) is 0 Å².